The van der Waals surface area contributed by atoms with E-state index in [4.69, 9.17) is 28.4 Å². The molecule has 11 nitrogen and oxygen atoms in total. The fraction of sp³-hybridized carbons (Fsp3) is 0.259. The maximum Gasteiger partial charge on any atom is 0.347 e. The molecule has 0 unspecified atom stereocenters. The first-order valence-corrected chi connectivity index (χ1v) is 21.1. The van der Waals surface area contributed by atoms with E-state index in [1.165, 1.54) is 20.1 Å². The van der Waals surface area contributed by atoms with Crippen LogP contribution in [0.25, 0.3) is 0 Å². The molecule has 6 aromatic carbocycles. The minimum atomic E-state index is -0.825. The minimum Gasteiger partial charge on any atom is -0.507 e. The Hall–Kier alpha value is -7.40. The number of benzene rings is 6. The Balaban J connectivity index is 1.20. The third-order valence-corrected chi connectivity index (χ3v) is 12.2. The Kier molecular flexibility index (Phi) is 14.2. The van der Waals surface area contributed by atoms with Crippen molar-refractivity contribution in [2.24, 2.45) is 0 Å². The number of aromatic hydroxyl groups is 1. The molecule has 65 heavy (non-hydrogen) atoms. The van der Waals surface area contributed by atoms with Crippen LogP contribution in [0.1, 0.15) is 114 Å². The summed E-state index contributed by atoms with van der Waals surface area (Å²) in [6.07, 6.45) is 0. The van der Waals surface area contributed by atoms with E-state index in [9.17, 15) is 24.3 Å². The lowest BCUT2D eigenvalue weighted by Crippen LogP contribution is -2.19. The number of methoxy groups -OCH3 is 1. The number of aryl methyl sites for hydroxylation is 2. The van der Waals surface area contributed by atoms with Crippen LogP contribution in [-0.2, 0) is 18.0 Å². The fourth-order valence-electron chi connectivity index (χ4n) is 7.91. The number of esters is 4. The van der Waals surface area contributed by atoms with Crippen LogP contribution in [0.15, 0.2) is 78.9 Å². The Morgan fingerprint density at radius 3 is 1.37 bits per heavy atom. The predicted molar refractivity (Wildman–Crippen MR) is 247 cm³/mol. The molecule has 0 atom stereocenters. The van der Waals surface area contributed by atoms with Crippen LogP contribution in [0, 0.1) is 76.2 Å². The molecule has 6 rings (SSSR count). The summed E-state index contributed by atoms with van der Waals surface area (Å²) in [5.74, 6) is -1.64. The zero-order chi connectivity index (χ0) is 47.4. The molecule has 0 saturated heterocycles. The summed E-state index contributed by atoms with van der Waals surface area (Å²) < 4.78 is 35.2. The third kappa shape index (κ3) is 9.60. The second-order valence-electron chi connectivity index (χ2n) is 16.3. The molecule has 0 aliphatic heterocycles. The van der Waals surface area contributed by atoms with Gasteiger partial charge in [-0.15, -0.1) is 0 Å². The number of carbonyl (C=O) groups is 4. The zero-order valence-corrected chi connectivity index (χ0v) is 38.9. The van der Waals surface area contributed by atoms with E-state index in [1.54, 1.807) is 81.4 Å². The largest absolute Gasteiger partial charge is 0.507 e. The molecule has 0 heterocycles. The molecule has 0 saturated carbocycles. The van der Waals surface area contributed by atoms with Crippen molar-refractivity contribution in [3.8, 4) is 34.5 Å². The van der Waals surface area contributed by atoms with Crippen molar-refractivity contribution < 1.29 is 52.7 Å². The summed E-state index contributed by atoms with van der Waals surface area (Å²) in [6.45, 7) is 19.4. The van der Waals surface area contributed by atoms with Crippen LogP contribution in [0.4, 0.5) is 0 Å². The lowest BCUT2D eigenvalue weighted by molar-refractivity contribution is 0.0470. The number of hydrogen-bond acceptors (Lipinski definition) is 11. The molecule has 336 valence electrons. The SMILES string of the molecule is COc1cc(OCc2ccccc2)cc(C)c1C(=O)Oc1c(C)c(C)c(C(=O)Oc2cc(C)c(C(=O)Oc3c(C)c(C)c(C(=O)OCc4ccccc4)c(C)c3C)c(O)c2C)c(C)c1C. The topological polar surface area (TPSA) is 144 Å². The molecule has 0 aliphatic carbocycles. The molecule has 0 aromatic heterocycles. The van der Waals surface area contributed by atoms with Gasteiger partial charge in [0.2, 0.25) is 0 Å². The lowest BCUT2D eigenvalue weighted by atomic mass is 9.92. The Morgan fingerprint density at radius 2 is 0.877 bits per heavy atom. The van der Waals surface area contributed by atoms with E-state index in [0.717, 1.165) is 11.1 Å². The van der Waals surface area contributed by atoms with Gasteiger partial charge in [-0.1, -0.05) is 60.7 Å². The number of ether oxygens (including phenoxy) is 6. The Bertz CT molecular complexity index is 2800. The molecule has 0 spiro atoms. The third-order valence-electron chi connectivity index (χ3n) is 12.2. The van der Waals surface area contributed by atoms with Gasteiger partial charge in [-0.3, -0.25) is 0 Å². The molecule has 0 radical (unpaired) electrons. The maximum atomic E-state index is 14.0. The first kappa shape index (κ1) is 47.1. The Labute approximate surface area is 379 Å². The summed E-state index contributed by atoms with van der Waals surface area (Å²) in [7, 11) is 1.47. The average Bonchev–Trinajstić information content (AvgIpc) is 3.28. The second kappa shape index (κ2) is 19.6. The zero-order valence-electron chi connectivity index (χ0n) is 38.9. The highest BCUT2D eigenvalue weighted by atomic mass is 16.6. The van der Waals surface area contributed by atoms with Gasteiger partial charge in [-0.05, 0) is 155 Å². The first-order chi connectivity index (χ1) is 30.9. The average molecular weight is 879 g/mol. The summed E-state index contributed by atoms with van der Waals surface area (Å²) >= 11 is 0. The normalized spacial score (nSPS) is 10.9. The van der Waals surface area contributed by atoms with Crippen molar-refractivity contribution >= 4 is 23.9 Å². The second-order valence-corrected chi connectivity index (χ2v) is 16.3. The van der Waals surface area contributed by atoms with Crippen molar-refractivity contribution in [3.63, 3.8) is 0 Å². The van der Waals surface area contributed by atoms with Gasteiger partial charge in [0.15, 0.2) is 0 Å². The van der Waals surface area contributed by atoms with Gasteiger partial charge < -0.3 is 33.5 Å². The van der Waals surface area contributed by atoms with Crippen LogP contribution in [0.2, 0.25) is 0 Å². The first-order valence-electron chi connectivity index (χ1n) is 21.1. The number of phenolic OH excluding ortho intramolecular Hbond substituents is 1. The van der Waals surface area contributed by atoms with Crippen LogP contribution in [-0.4, -0.2) is 36.1 Å². The van der Waals surface area contributed by atoms with Gasteiger partial charge in [0.25, 0.3) is 0 Å². The number of carbonyl (C=O) groups excluding carboxylic acids is 4. The van der Waals surface area contributed by atoms with Gasteiger partial charge in [-0.2, -0.15) is 0 Å². The number of rotatable bonds is 13. The summed E-state index contributed by atoms with van der Waals surface area (Å²) in [6, 6.07) is 24.0. The predicted octanol–water partition coefficient (Wildman–Crippen LogP) is 11.4. The van der Waals surface area contributed by atoms with E-state index in [2.05, 4.69) is 0 Å². The molecular weight excluding hydrogens is 825 g/mol. The molecule has 6 aromatic rings. The van der Waals surface area contributed by atoms with Crippen LogP contribution in [0.5, 0.6) is 34.5 Å². The Morgan fingerprint density at radius 1 is 0.446 bits per heavy atom. The number of phenols is 1. The summed E-state index contributed by atoms with van der Waals surface area (Å²) in [5, 5.41) is 11.4. The van der Waals surface area contributed by atoms with E-state index in [-0.39, 0.29) is 40.4 Å². The maximum absolute atomic E-state index is 14.0. The smallest absolute Gasteiger partial charge is 0.347 e. The molecule has 0 amide bonds. The van der Waals surface area contributed by atoms with Crippen molar-refractivity contribution in [2.75, 3.05) is 7.11 Å². The highest BCUT2D eigenvalue weighted by Gasteiger charge is 2.30. The van der Waals surface area contributed by atoms with Crippen LogP contribution in [0.3, 0.4) is 0 Å². The summed E-state index contributed by atoms with van der Waals surface area (Å²) in [4.78, 5) is 55.0. The highest BCUT2D eigenvalue weighted by Crippen LogP contribution is 2.40. The highest BCUT2D eigenvalue weighted by molar-refractivity contribution is 6.00. The molecule has 1 N–H and O–H groups in total. The van der Waals surface area contributed by atoms with Crippen LogP contribution < -0.4 is 23.7 Å². The minimum absolute atomic E-state index is 0.0438. The van der Waals surface area contributed by atoms with E-state index >= 15 is 0 Å². The summed E-state index contributed by atoms with van der Waals surface area (Å²) in [5.41, 5.74) is 8.17. The lowest BCUT2D eigenvalue weighted by Gasteiger charge is -2.21. The quantitative estimate of drug-likeness (QED) is 0.0874. The van der Waals surface area contributed by atoms with Gasteiger partial charge >= 0.3 is 23.9 Å². The fourth-order valence-corrected chi connectivity index (χ4v) is 7.91. The molecule has 11 heteroatoms. The van der Waals surface area contributed by atoms with Gasteiger partial charge in [-0.25, -0.2) is 19.2 Å². The number of hydrogen-bond donors (Lipinski definition) is 1. The van der Waals surface area contributed by atoms with Gasteiger partial charge in [0.1, 0.15) is 58.8 Å². The molecule has 0 aliphatic rings. The van der Waals surface area contributed by atoms with Crippen molar-refractivity contribution in [2.45, 2.75) is 89.4 Å². The van der Waals surface area contributed by atoms with E-state index in [1.807, 2.05) is 60.7 Å². The van der Waals surface area contributed by atoms with Gasteiger partial charge in [0.05, 0.1) is 18.2 Å². The van der Waals surface area contributed by atoms with E-state index < -0.39 is 29.6 Å². The standard InChI is InChI=1S/C54H54O11/c1-28-23-41(61-26-39-19-15-13-16-20-39)25-43(60-12)44(28)52(57)64-49-36(9)32(5)47(33(6)37(49)10)54(59)63-42-24-29(2)45(48(55)38(42)11)53(58)65-50-34(7)30(3)46(31(4)35(50)8)51(56)62-27-40-21-17-14-18-22-40/h13-25,55H,26-27H2,1-12H3. The van der Waals surface area contributed by atoms with Crippen LogP contribution >= 0.6 is 0 Å². The molecule has 0 bridgehead atoms. The monoisotopic (exact) mass is 878 g/mol. The van der Waals surface area contributed by atoms with Crippen molar-refractivity contribution in [1.29, 1.82) is 0 Å². The van der Waals surface area contributed by atoms with Crippen molar-refractivity contribution in [3.05, 3.63) is 173 Å². The van der Waals surface area contributed by atoms with E-state index in [0.29, 0.717) is 85.1 Å². The molecule has 0 fully saturated rings. The molecular formula is C54H54O11. The van der Waals surface area contributed by atoms with Gasteiger partial charge in [0, 0.05) is 11.6 Å². The van der Waals surface area contributed by atoms with Crippen molar-refractivity contribution in [1.82, 2.24) is 0 Å².